The summed E-state index contributed by atoms with van der Waals surface area (Å²) in [7, 11) is 0. The van der Waals surface area contributed by atoms with Gasteiger partial charge in [-0.3, -0.25) is 19.2 Å². The van der Waals surface area contributed by atoms with E-state index in [1.54, 1.807) is 0 Å². The van der Waals surface area contributed by atoms with Crippen LogP contribution < -0.4 is 21.3 Å². The fraction of sp³-hybridized carbons (Fsp3) is 0.765. The minimum atomic E-state index is -0.238. The van der Waals surface area contributed by atoms with Crippen LogP contribution in [0.15, 0.2) is 0 Å². The average molecular weight is 356 g/mol. The van der Waals surface area contributed by atoms with Crippen molar-refractivity contribution < 1.29 is 19.2 Å². The van der Waals surface area contributed by atoms with E-state index >= 15 is 0 Å². The molecule has 0 bridgehead atoms. The van der Waals surface area contributed by atoms with Crippen LogP contribution in [0.4, 0.5) is 0 Å². The predicted molar refractivity (Wildman–Crippen MR) is 95.6 cm³/mol. The molecule has 25 heavy (non-hydrogen) atoms. The minimum Gasteiger partial charge on any atom is -0.355 e. The molecule has 0 spiro atoms. The molecule has 0 aromatic heterocycles. The van der Waals surface area contributed by atoms with E-state index in [9.17, 15) is 19.2 Å². The second-order valence-corrected chi connectivity index (χ2v) is 7.15. The van der Waals surface area contributed by atoms with Crippen LogP contribution in [0.2, 0.25) is 0 Å². The molecule has 8 heteroatoms. The summed E-state index contributed by atoms with van der Waals surface area (Å²) in [4.78, 5) is 44.9. The lowest BCUT2D eigenvalue weighted by atomic mass is 9.83. The molecule has 0 fully saturated rings. The summed E-state index contributed by atoms with van der Waals surface area (Å²) < 4.78 is 0. The van der Waals surface area contributed by atoms with E-state index in [1.807, 2.05) is 20.8 Å². The molecule has 8 nitrogen and oxygen atoms in total. The zero-order valence-electron chi connectivity index (χ0n) is 16.0. The molecule has 4 N–H and O–H groups in total. The molecule has 0 aromatic rings. The standard InChI is InChI=1S/C17H32N4O4/c1-12(22)19-10-15(24)18-9-7-6-8-14(17(3,4)5)21-16(25)11-20-13(2)23/h14H,6-11H2,1-5H3,(H,18,24)(H,19,22)(H,20,23)(H,21,25). The van der Waals surface area contributed by atoms with Gasteiger partial charge in [-0.1, -0.05) is 20.8 Å². The van der Waals surface area contributed by atoms with Crippen LogP contribution in [0, 0.1) is 5.41 Å². The highest BCUT2D eigenvalue weighted by Gasteiger charge is 2.25. The van der Waals surface area contributed by atoms with Crippen molar-refractivity contribution in [2.75, 3.05) is 19.6 Å². The Labute approximate surface area is 149 Å². The first-order chi connectivity index (χ1) is 11.5. The van der Waals surface area contributed by atoms with Crippen molar-refractivity contribution in [2.45, 2.75) is 59.9 Å². The van der Waals surface area contributed by atoms with Crippen molar-refractivity contribution in [3.8, 4) is 0 Å². The van der Waals surface area contributed by atoms with E-state index < -0.39 is 0 Å². The van der Waals surface area contributed by atoms with Crippen molar-refractivity contribution in [2.24, 2.45) is 5.41 Å². The predicted octanol–water partition coefficient (Wildman–Crippen LogP) is 0.0760. The van der Waals surface area contributed by atoms with E-state index in [0.717, 1.165) is 19.3 Å². The molecule has 0 aliphatic rings. The van der Waals surface area contributed by atoms with E-state index in [-0.39, 0.29) is 48.2 Å². The van der Waals surface area contributed by atoms with Crippen molar-refractivity contribution in [1.29, 1.82) is 0 Å². The summed E-state index contributed by atoms with van der Waals surface area (Å²) in [6.07, 6.45) is 2.39. The second kappa shape index (κ2) is 11.4. The maximum absolute atomic E-state index is 11.9. The molecule has 4 amide bonds. The fourth-order valence-corrected chi connectivity index (χ4v) is 2.14. The molecule has 0 heterocycles. The summed E-state index contributed by atoms with van der Waals surface area (Å²) in [5, 5.41) is 10.6. The van der Waals surface area contributed by atoms with Crippen molar-refractivity contribution in [1.82, 2.24) is 21.3 Å². The van der Waals surface area contributed by atoms with Crippen LogP contribution >= 0.6 is 0 Å². The van der Waals surface area contributed by atoms with Crippen LogP contribution in [0.1, 0.15) is 53.9 Å². The number of nitrogens with one attached hydrogen (secondary N) is 4. The second-order valence-electron chi connectivity index (χ2n) is 7.15. The molecular weight excluding hydrogens is 324 g/mol. The molecule has 0 radical (unpaired) electrons. The summed E-state index contributed by atoms with van der Waals surface area (Å²) in [5.74, 6) is -0.902. The Balaban J connectivity index is 4.13. The third-order valence-electron chi connectivity index (χ3n) is 3.62. The van der Waals surface area contributed by atoms with Gasteiger partial charge in [0.05, 0.1) is 13.1 Å². The Kier molecular flexibility index (Phi) is 10.5. The van der Waals surface area contributed by atoms with Crippen LogP contribution in [-0.2, 0) is 19.2 Å². The summed E-state index contributed by atoms with van der Waals surface area (Å²) in [6.45, 7) is 9.35. The SMILES string of the molecule is CC(=O)NCC(=O)NCCCCC(NC(=O)CNC(C)=O)C(C)(C)C. The lowest BCUT2D eigenvalue weighted by Gasteiger charge is -2.31. The Bertz CT molecular complexity index is 472. The summed E-state index contributed by atoms with van der Waals surface area (Å²) in [5.41, 5.74) is -0.111. The Morgan fingerprint density at radius 2 is 1.32 bits per heavy atom. The molecule has 1 unspecified atom stereocenters. The molecule has 0 saturated heterocycles. The summed E-state index contributed by atoms with van der Waals surface area (Å²) in [6, 6.07) is -0.0242. The van der Waals surface area contributed by atoms with Gasteiger partial charge in [0.25, 0.3) is 0 Å². The first-order valence-electron chi connectivity index (χ1n) is 8.57. The quantitative estimate of drug-likeness (QED) is 0.415. The third kappa shape index (κ3) is 12.9. The molecule has 1 atom stereocenters. The van der Waals surface area contributed by atoms with E-state index in [1.165, 1.54) is 13.8 Å². The van der Waals surface area contributed by atoms with Gasteiger partial charge in [0, 0.05) is 26.4 Å². The van der Waals surface area contributed by atoms with Crippen LogP contribution in [0.25, 0.3) is 0 Å². The molecule has 144 valence electrons. The number of hydrogen-bond acceptors (Lipinski definition) is 4. The van der Waals surface area contributed by atoms with Gasteiger partial charge < -0.3 is 21.3 Å². The Morgan fingerprint density at radius 1 is 0.800 bits per heavy atom. The smallest absolute Gasteiger partial charge is 0.239 e. The van der Waals surface area contributed by atoms with E-state index in [2.05, 4.69) is 21.3 Å². The molecule has 0 aromatic carbocycles. The van der Waals surface area contributed by atoms with Gasteiger partial charge in [0.15, 0.2) is 0 Å². The van der Waals surface area contributed by atoms with Crippen LogP contribution in [-0.4, -0.2) is 49.3 Å². The number of rotatable bonds is 10. The Hall–Kier alpha value is -2.12. The van der Waals surface area contributed by atoms with E-state index in [0.29, 0.717) is 6.54 Å². The zero-order valence-corrected chi connectivity index (χ0v) is 16.0. The molecule has 0 aliphatic heterocycles. The lowest BCUT2D eigenvalue weighted by Crippen LogP contribution is -2.47. The fourth-order valence-electron chi connectivity index (χ4n) is 2.14. The first-order valence-corrected chi connectivity index (χ1v) is 8.57. The number of carbonyl (C=O) groups is 4. The highest BCUT2D eigenvalue weighted by molar-refractivity contribution is 5.84. The highest BCUT2D eigenvalue weighted by Crippen LogP contribution is 2.23. The maximum atomic E-state index is 11.9. The third-order valence-corrected chi connectivity index (χ3v) is 3.62. The average Bonchev–Trinajstić information content (AvgIpc) is 2.48. The Morgan fingerprint density at radius 3 is 1.80 bits per heavy atom. The molecule has 0 aliphatic carbocycles. The van der Waals surface area contributed by atoms with Crippen LogP contribution in [0.3, 0.4) is 0 Å². The monoisotopic (exact) mass is 356 g/mol. The number of amides is 4. The van der Waals surface area contributed by atoms with Gasteiger partial charge in [-0.05, 0) is 24.7 Å². The van der Waals surface area contributed by atoms with E-state index in [4.69, 9.17) is 0 Å². The largest absolute Gasteiger partial charge is 0.355 e. The van der Waals surface area contributed by atoms with Gasteiger partial charge in [0.1, 0.15) is 0 Å². The van der Waals surface area contributed by atoms with Crippen molar-refractivity contribution in [3.63, 3.8) is 0 Å². The van der Waals surface area contributed by atoms with Crippen molar-refractivity contribution in [3.05, 3.63) is 0 Å². The maximum Gasteiger partial charge on any atom is 0.239 e. The topological polar surface area (TPSA) is 116 Å². The van der Waals surface area contributed by atoms with Gasteiger partial charge in [0.2, 0.25) is 23.6 Å². The first kappa shape index (κ1) is 22.9. The van der Waals surface area contributed by atoms with Gasteiger partial charge >= 0.3 is 0 Å². The summed E-state index contributed by atoms with van der Waals surface area (Å²) >= 11 is 0. The molecule has 0 rings (SSSR count). The molecule has 0 saturated carbocycles. The zero-order chi connectivity index (χ0) is 19.5. The lowest BCUT2D eigenvalue weighted by molar-refractivity contribution is -0.125. The number of hydrogen-bond donors (Lipinski definition) is 4. The van der Waals surface area contributed by atoms with Gasteiger partial charge in [-0.15, -0.1) is 0 Å². The molecular formula is C17H32N4O4. The van der Waals surface area contributed by atoms with Crippen molar-refractivity contribution >= 4 is 23.6 Å². The van der Waals surface area contributed by atoms with Gasteiger partial charge in [-0.25, -0.2) is 0 Å². The van der Waals surface area contributed by atoms with Gasteiger partial charge in [-0.2, -0.15) is 0 Å². The highest BCUT2D eigenvalue weighted by atomic mass is 16.2. The van der Waals surface area contributed by atoms with Crippen LogP contribution in [0.5, 0.6) is 0 Å². The minimum absolute atomic E-state index is 0.0147. The normalized spacial score (nSPS) is 12.0. The number of carbonyl (C=O) groups excluding carboxylic acids is 4. The number of unbranched alkanes of at least 4 members (excludes halogenated alkanes) is 1.